The number of nitrogens with zero attached hydrogens (tertiary/aromatic N) is 4. The van der Waals surface area contributed by atoms with Crippen molar-refractivity contribution in [3.05, 3.63) is 218 Å². The van der Waals surface area contributed by atoms with Gasteiger partial charge in [-0.15, -0.1) is 0 Å². The van der Waals surface area contributed by atoms with Crippen molar-refractivity contribution in [1.29, 1.82) is 0 Å². The van der Waals surface area contributed by atoms with Crippen LogP contribution in [0.5, 0.6) is 0 Å². The van der Waals surface area contributed by atoms with Crippen LogP contribution in [-0.4, -0.2) is 19.9 Å². The van der Waals surface area contributed by atoms with Gasteiger partial charge >= 0.3 is 0 Å². The van der Waals surface area contributed by atoms with Gasteiger partial charge < -0.3 is 4.98 Å². The SMILES string of the molecule is CC(C)(C)c1ccc2[nH]c3c(-c4cc(-c5cccc6cccnc56)cc(-c5cc(-c6ccccc6)cc(N(c6ccccn6)c6ccccc6-c6ccccc6)c5)n4)cc(C(C)(C)C)cc3c2c1. The molecule has 5 nitrogen and oxygen atoms in total. The largest absolute Gasteiger partial charge is 0.354 e. The fourth-order valence-electron chi connectivity index (χ4n) is 9.51. The molecule has 11 rings (SSSR count). The number of benzene rings is 7. The number of nitrogens with one attached hydrogen (secondary N) is 1. The average molecular weight is 880 g/mol. The summed E-state index contributed by atoms with van der Waals surface area (Å²) in [6.45, 7) is 13.7. The van der Waals surface area contributed by atoms with Crippen molar-refractivity contribution in [3.63, 3.8) is 0 Å². The van der Waals surface area contributed by atoms with Crippen LogP contribution in [0.4, 0.5) is 17.2 Å². The number of anilines is 3. The molecule has 0 radical (unpaired) electrons. The Morgan fingerprint density at radius 2 is 1.09 bits per heavy atom. The minimum Gasteiger partial charge on any atom is -0.354 e. The smallest absolute Gasteiger partial charge is 0.137 e. The van der Waals surface area contributed by atoms with Gasteiger partial charge in [0.15, 0.2) is 0 Å². The van der Waals surface area contributed by atoms with E-state index in [1.165, 1.54) is 21.9 Å². The molecule has 0 unspecified atom stereocenters. The van der Waals surface area contributed by atoms with Crippen LogP contribution in [0.1, 0.15) is 52.7 Å². The van der Waals surface area contributed by atoms with Crippen molar-refractivity contribution >= 4 is 49.9 Å². The lowest BCUT2D eigenvalue weighted by Gasteiger charge is -2.28. The van der Waals surface area contributed by atoms with E-state index in [2.05, 4.69) is 233 Å². The number of fused-ring (bicyclic) bond motifs is 4. The van der Waals surface area contributed by atoms with E-state index in [1.54, 1.807) is 0 Å². The number of aromatic amines is 1. The topological polar surface area (TPSA) is 57.7 Å². The molecule has 0 saturated carbocycles. The summed E-state index contributed by atoms with van der Waals surface area (Å²) >= 11 is 0. The quantitative estimate of drug-likeness (QED) is 0.165. The van der Waals surface area contributed by atoms with Gasteiger partial charge in [-0.25, -0.2) is 9.97 Å². The van der Waals surface area contributed by atoms with Crippen molar-refractivity contribution < 1.29 is 0 Å². The molecule has 7 aromatic carbocycles. The summed E-state index contributed by atoms with van der Waals surface area (Å²) in [5, 5.41) is 3.51. The Morgan fingerprint density at radius 3 is 1.85 bits per heavy atom. The highest BCUT2D eigenvalue weighted by atomic mass is 15.2. The molecule has 11 aromatic rings. The van der Waals surface area contributed by atoms with Crippen molar-refractivity contribution in [3.8, 4) is 55.9 Å². The minimum absolute atomic E-state index is 0.00243. The van der Waals surface area contributed by atoms with E-state index in [9.17, 15) is 0 Å². The monoisotopic (exact) mass is 879 g/mol. The van der Waals surface area contributed by atoms with Gasteiger partial charge in [0.05, 0.1) is 28.1 Å². The molecule has 0 aliphatic rings. The minimum atomic E-state index is -0.127. The Balaban J connectivity index is 1.21. The summed E-state index contributed by atoms with van der Waals surface area (Å²) in [6.07, 6.45) is 3.75. The van der Waals surface area contributed by atoms with Gasteiger partial charge in [0.2, 0.25) is 0 Å². The van der Waals surface area contributed by atoms with Gasteiger partial charge in [0.1, 0.15) is 5.82 Å². The zero-order valence-electron chi connectivity index (χ0n) is 39.4. The van der Waals surface area contributed by atoms with Crippen LogP contribution in [-0.2, 0) is 10.8 Å². The average Bonchev–Trinajstić information content (AvgIpc) is 3.74. The van der Waals surface area contributed by atoms with Crippen LogP contribution in [0, 0.1) is 0 Å². The second-order valence-electron chi connectivity index (χ2n) is 19.9. The van der Waals surface area contributed by atoms with Gasteiger partial charge in [-0.2, -0.15) is 0 Å². The highest BCUT2D eigenvalue weighted by molar-refractivity contribution is 6.12. The second kappa shape index (κ2) is 16.9. The third-order valence-electron chi connectivity index (χ3n) is 13.2. The van der Waals surface area contributed by atoms with Gasteiger partial charge in [-0.05, 0) is 123 Å². The van der Waals surface area contributed by atoms with E-state index >= 15 is 0 Å². The van der Waals surface area contributed by atoms with Crippen LogP contribution in [0.25, 0.3) is 88.6 Å². The normalized spacial score (nSPS) is 12.0. The molecule has 0 saturated heterocycles. The maximum atomic E-state index is 5.75. The van der Waals surface area contributed by atoms with Crippen molar-refractivity contribution in [1.82, 2.24) is 19.9 Å². The lowest BCUT2D eigenvalue weighted by atomic mass is 9.83. The van der Waals surface area contributed by atoms with Crippen LogP contribution < -0.4 is 4.90 Å². The predicted octanol–water partition coefficient (Wildman–Crippen LogP) is 17.1. The fourth-order valence-corrected chi connectivity index (χ4v) is 9.51. The highest BCUT2D eigenvalue weighted by Crippen LogP contribution is 2.45. The maximum absolute atomic E-state index is 5.75. The fraction of sp³-hybridized carbons (Fsp3) is 0.127. The molecule has 4 heterocycles. The summed E-state index contributed by atoms with van der Waals surface area (Å²) in [7, 11) is 0. The van der Waals surface area contributed by atoms with Crippen LogP contribution in [0.3, 0.4) is 0 Å². The number of para-hydroxylation sites is 2. The van der Waals surface area contributed by atoms with E-state index in [0.29, 0.717) is 0 Å². The first-order valence-corrected chi connectivity index (χ1v) is 23.5. The number of pyridine rings is 3. The zero-order chi connectivity index (χ0) is 46.6. The van der Waals surface area contributed by atoms with Crippen molar-refractivity contribution in [2.75, 3.05) is 4.90 Å². The Morgan fingerprint density at radius 1 is 0.426 bits per heavy atom. The Hall–Kier alpha value is -8.15. The van der Waals surface area contributed by atoms with Gasteiger partial charge in [0.25, 0.3) is 0 Å². The lowest BCUT2D eigenvalue weighted by molar-refractivity contribution is 0.590. The maximum Gasteiger partial charge on any atom is 0.137 e. The summed E-state index contributed by atoms with van der Waals surface area (Å²) in [4.78, 5) is 21.9. The molecule has 0 bridgehead atoms. The van der Waals surface area contributed by atoms with E-state index in [1.807, 2.05) is 24.5 Å². The third-order valence-corrected chi connectivity index (χ3v) is 13.2. The molecule has 0 atom stereocenters. The van der Waals surface area contributed by atoms with Crippen molar-refractivity contribution in [2.24, 2.45) is 0 Å². The summed E-state index contributed by atoms with van der Waals surface area (Å²) in [5.74, 6) is 0.811. The predicted molar refractivity (Wildman–Crippen MR) is 286 cm³/mol. The molecular weight excluding hydrogens is 827 g/mol. The number of H-pyrrole nitrogens is 1. The zero-order valence-corrected chi connectivity index (χ0v) is 39.4. The van der Waals surface area contributed by atoms with E-state index in [-0.39, 0.29) is 10.8 Å². The number of aromatic nitrogens is 4. The molecular formula is C63H53N5. The molecule has 0 aliphatic carbocycles. The molecule has 68 heavy (non-hydrogen) atoms. The molecule has 0 fully saturated rings. The number of rotatable bonds is 8. The van der Waals surface area contributed by atoms with Crippen LogP contribution in [0.2, 0.25) is 0 Å². The van der Waals surface area contributed by atoms with E-state index in [0.717, 1.165) is 95.0 Å². The molecule has 330 valence electrons. The van der Waals surface area contributed by atoms with Gasteiger partial charge in [0, 0.05) is 62.0 Å². The molecule has 0 amide bonds. The van der Waals surface area contributed by atoms with Gasteiger partial charge in [-0.1, -0.05) is 157 Å². The first-order valence-electron chi connectivity index (χ1n) is 23.5. The summed E-state index contributed by atoms with van der Waals surface area (Å²) < 4.78 is 0. The first kappa shape index (κ1) is 42.5. The lowest BCUT2D eigenvalue weighted by Crippen LogP contribution is -2.13. The van der Waals surface area contributed by atoms with E-state index in [4.69, 9.17) is 15.0 Å². The van der Waals surface area contributed by atoms with Crippen LogP contribution in [0.15, 0.2) is 207 Å². The second-order valence-corrected chi connectivity index (χ2v) is 19.9. The Kier molecular flexibility index (Phi) is 10.6. The first-order chi connectivity index (χ1) is 33.0. The van der Waals surface area contributed by atoms with Crippen molar-refractivity contribution in [2.45, 2.75) is 52.4 Å². The summed E-state index contributed by atoms with van der Waals surface area (Å²) in [6, 6.07) is 69.5. The number of hydrogen-bond acceptors (Lipinski definition) is 4. The molecule has 4 aromatic heterocycles. The molecule has 5 heteroatoms. The third kappa shape index (κ3) is 8.00. The standard InChI is InChI=1S/C63H53N5/c1-62(2,3)47-29-30-55-52(38-47)53-39-48(63(4,5)6)40-54(61(53)67-55)57-37-45(51-26-17-23-43-24-18-32-65-60(43)51)36-56(66-57)46-33-44(41-19-9-7-10-20-41)34-49(35-46)68(59-28-15-16-31-64-59)58-27-14-13-25-50(58)42-21-11-8-12-22-42/h7-40,67H,1-6H3. The Labute approximate surface area is 398 Å². The van der Waals surface area contributed by atoms with Gasteiger partial charge in [-0.3, -0.25) is 9.88 Å². The molecule has 1 N–H and O–H groups in total. The molecule has 0 aliphatic heterocycles. The molecule has 0 spiro atoms. The number of hydrogen-bond donors (Lipinski definition) is 1. The highest BCUT2D eigenvalue weighted by Gasteiger charge is 2.24. The van der Waals surface area contributed by atoms with Crippen LogP contribution >= 0.6 is 0 Å². The summed E-state index contributed by atoms with van der Waals surface area (Å²) in [5.41, 5.74) is 17.8. The van der Waals surface area contributed by atoms with E-state index < -0.39 is 0 Å². The Bertz CT molecular complexity index is 3630.